The molecule has 3 rings (SSSR count). The molecule has 1 N–H and O–H groups in total. The summed E-state index contributed by atoms with van der Waals surface area (Å²) in [5, 5.41) is 3.55. The van der Waals surface area contributed by atoms with Crippen LogP contribution in [-0.4, -0.2) is 50.7 Å². The molecular formula is C27H36N2O3. The molecule has 0 saturated carbocycles. The predicted octanol–water partition coefficient (Wildman–Crippen LogP) is 4.95. The van der Waals surface area contributed by atoms with Crippen molar-refractivity contribution in [3.63, 3.8) is 0 Å². The number of nitrogens with zero attached hydrogens (tertiary/aromatic N) is 1. The second kappa shape index (κ2) is 11.7. The van der Waals surface area contributed by atoms with Crippen molar-refractivity contribution in [2.45, 2.75) is 45.6 Å². The summed E-state index contributed by atoms with van der Waals surface area (Å²) in [7, 11) is 3.25. The summed E-state index contributed by atoms with van der Waals surface area (Å²) in [6, 6.07) is 14.5. The Labute approximate surface area is 192 Å². The van der Waals surface area contributed by atoms with Gasteiger partial charge in [-0.2, -0.15) is 0 Å². The maximum absolute atomic E-state index is 13.7. The molecule has 1 aliphatic heterocycles. The molecular weight excluding hydrogens is 400 g/mol. The number of carbonyl (C=O) groups is 1. The Kier molecular flexibility index (Phi) is 8.74. The number of ether oxygens (including phenoxy) is 2. The monoisotopic (exact) mass is 436 g/mol. The molecule has 2 aromatic rings. The molecule has 2 aromatic carbocycles. The third kappa shape index (κ3) is 6.13. The Morgan fingerprint density at radius 1 is 1.19 bits per heavy atom. The van der Waals surface area contributed by atoms with Gasteiger partial charge in [-0.05, 0) is 62.4 Å². The van der Waals surface area contributed by atoms with E-state index in [0.717, 1.165) is 36.1 Å². The lowest BCUT2D eigenvalue weighted by Crippen LogP contribution is -2.36. The number of rotatable bonds is 10. The smallest absolute Gasteiger partial charge is 0.254 e. The van der Waals surface area contributed by atoms with Gasteiger partial charge >= 0.3 is 0 Å². The van der Waals surface area contributed by atoms with E-state index in [1.165, 1.54) is 12.8 Å². The molecule has 1 atom stereocenters. The van der Waals surface area contributed by atoms with Gasteiger partial charge in [-0.25, -0.2) is 0 Å². The van der Waals surface area contributed by atoms with Gasteiger partial charge in [-0.1, -0.05) is 48.9 Å². The highest BCUT2D eigenvalue weighted by atomic mass is 16.5. The summed E-state index contributed by atoms with van der Waals surface area (Å²) in [6.07, 6.45) is 6.26. The van der Waals surface area contributed by atoms with Crippen LogP contribution in [0.3, 0.4) is 0 Å². The number of aryl methyl sites for hydroxylation is 1. The van der Waals surface area contributed by atoms with Gasteiger partial charge in [0.05, 0.1) is 14.2 Å². The fourth-order valence-corrected chi connectivity index (χ4v) is 4.36. The first-order valence-electron chi connectivity index (χ1n) is 11.6. The van der Waals surface area contributed by atoms with Crippen LogP contribution in [0.1, 0.15) is 54.6 Å². The minimum absolute atomic E-state index is 0.0273. The quantitative estimate of drug-likeness (QED) is 0.572. The normalized spacial score (nSPS) is 16.1. The average molecular weight is 437 g/mol. The van der Waals surface area contributed by atoms with Gasteiger partial charge in [-0.15, -0.1) is 0 Å². The fraction of sp³-hybridized carbons (Fsp3) is 0.444. The Morgan fingerprint density at radius 2 is 1.97 bits per heavy atom. The van der Waals surface area contributed by atoms with Crippen molar-refractivity contribution >= 4 is 12.0 Å². The van der Waals surface area contributed by atoms with E-state index in [1.807, 2.05) is 29.2 Å². The Bertz CT molecular complexity index is 893. The fourth-order valence-electron chi connectivity index (χ4n) is 4.36. The second-order valence-electron chi connectivity index (χ2n) is 8.43. The maximum atomic E-state index is 13.7. The molecule has 1 fully saturated rings. The molecule has 1 unspecified atom stereocenters. The minimum atomic E-state index is 0.0273. The zero-order chi connectivity index (χ0) is 22.9. The average Bonchev–Trinajstić information content (AvgIpc) is 3.34. The number of hydrogen-bond donors (Lipinski definition) is 1. The van der Waals surface area contributed by atoms with Gasteiger partial charge in [0.15, 0.2) is 11.5 Å². The van der Waals surface area contributed by atoms with Gasteiger partial charge in [0.2, 0.25) is 0 Å². The van der Waals surface area contributed by atoms with Gasteiger partial charge in [0.25, 0.3) is 5.91 Å². The van der Waals surface area contributed by atoms with Crippen LogP contribution in [0.2, 0.25) is 0 Å². The SMILES string of the molecule is CCc1cc(C(=O)N(CCC2CCCN2)C/C(C)=C/c2ccccc2)cc(OC)c1OC. The number of amides is 1. The first-order chi connectivity index (χ1) is 15.5. The number of nitrogens with one attached hydrogen (secondary N) is 1. The lowest BCUT2D eigenvalue weighted by Gasteiger charge is -2.26. The first-order valence-corrected chi connectivity index (χ1v) is 11.6. The van der Waals surface area contributed by atoms with Crippen molar-refractivity contribution in [3.05, 3.63) is 64.7 Å². The van der Waals surface area contributed by atoms with Crippen LogP contribution >= 0.6 is 0 Å². The highest BCUT2D eigenvalue weighted by Crippen LogP contribution is 2.33. The van der Waals surface area contributed by atoms with Crippen molar-refractivity contribution in [2.75, 3.05) is 33.9 Å². The Morgan fingerprint density at radius 3 is 2.59 bits per heavy atom. The zero-order valence-corrected chi connectivity index (χ0v) is 19.8. The molecule has 0 radical (unpaired) electrons. The molecule has 1 amide bonds. The highest BCUT2D eigenvalue weighted by molar-refractivity contribution is 5.95. The largest absolute Gasteiger partial charge is 0.493 e. The molecule has 1 saturated heterocycles. The summed E-state index contributed by atoms with van der Waals surface area (Å²) < 4.78 is 11.1. The minimum Gasteiger partial charge on any atom is -0.493 e. The molecule has 32 heavy (non-hydrogen) atoms. The Hall–Kier alpha value is -2.79. The van der Waals surface area contributed by atoms with Crippen LogP contribution in [-0.2, 0) is 6.42 Å². The van der Waals surface area contributed by atoms with Gasteiger partial charge in [0, 0.05) is 24.7 Å². The van der Waals surface area contributed by atoms with Crippen molar-refractivity contribution < 1.29 is 14.3 Å². The molecule has 0 bridgehead atoms. The molecule has 0 aromatic heterocycles. The van der Waals surface area contributed by atoms with E-state index in [4.69, 9.17) is 9.47 Å². The van der Waals surface area contributed by atoms with Crippen LogP contribution in [0.25, 0.3) is 6.08 Å². The third-order valence-corrected chi connectivity index (χ3v) is 6.03. The summed E-state index contributed by atoms with van der Waals surface area (Å²) in [6.45, 7) is 6.53. The first kappa shape index (κ1) is 23.9. The Balaban J connectivity index is 1.86. The van der Waals surface area contributed by atoms with E-state index in [2.05, 4.69) is 37.4 Å². The predicted molar refractivity (Wildman–Crippen MR) is 131 cm³/mol. The van der Waals surface area contributed by atoms with E-state index >= 15 is 0 Å². The molecule has 1 heterocycles. The topological polar surface area (TPSA) is 50.8 Å². The van der Waals surface area contributed by atoms with Crippen LogP contribution < -0.4 is 14.8 Å². The van der Waals surface area contributed by atoms with Crippen LogP contribution in [0, 0.1) is 0 Å². The van der Waals surface area contributed by atoms with Crippen LogP contribution in [0.15, 0.2) is 48.0 Å². The van der Waals surface area contributed by atoms with E-state index in [9.17, 15) is 4.79 Å². The van der Waals surface area contributed by atoms with E-state index in [-0.39, 0.29) is 5.91 Å². The van der Waals surface area contributed by atoms with Crippen molar-refractivity contribution in [2.24, 2.45) is 0 Å². The molecule has 1 aliphatic rings. The lowest BCUT2D eigenvalue weighted by molar-refractivity contribution is 0.0764. The van der Waals surface area contributed by atoms with E-state index < -0.39 is 0 Å². The van der Waals surface area contributed by atoms with Gasteiger partial charge in [-0.3, -0.25) is 4.79 Å². The molecule has 5 nitrogen and oxygen atoms in total. The molecule has 0 spiro atoms. The summed E-state index contributed by atoms with van der Waals surface area (Å²) >= 11 is 0. The van der Waals surface area contributed by atoms with Crippen LogP contribution in [0.5, 0.6) is 11.5 Å². The summed E-state index contributed by atoms with van der Waals surface area (Å²) in [5.74, 6) is 1.33. The highest BCUT2D eigenvalue weighted by Gasteiger charge is 2.22. The van der Waals surface area contributed by atoms with Crippen LogP contribution in [0.4, 0.5) is 0 Å². The van der Waals surface area contributed by atoms with E-state index in [1.54, 1.807) is 20.3 Å². The third-order valence-electron chi connectivity index (χ3n) is 6.03. The van der Waals surface area contributed by atoms with E-state index in [0.29, 0.717) is 36.2 Å². The number of hydrogen-bond acceptors (Lipinski definition) is 4. The number of carbonyl (C=O) groups excluding carboxylic acids is 1. The maximum Gasteiger partial charge on any atom is 0.254 e. The lowest BCUT2D eigenvalue weighted by atomic mass is 10.0. The van der Waals surface area contributed by atoms with Crippen molar-refractivity contribution in [1.82, 2.24) is 10.2 Å². The summed E-state index contributed by atoms with van der Waals surface area (Å²) in [4.78, 5) is 15.6. The van der Waals surface area contributed by atoms with Gasteiger partial charge < -0.3 is 19.7 Å². The second-order valence-corrected chi connectivity index (χ2v) is 8.43. The zero-order valence-electron chi connectivity index (χ0n) is 19.8. The van der Waals surface area contributed by atoms with Gasteiger partial charge in [0.1, 0.15) is 0 Å². The number of benzene rings is 2. The molecule has 5 heteroatoms. The van der Waals surface area contributed by atoms with Crippen molar-refractivity contribution in [3.8, 4) is 11.5 Å². The number of methoxy groups -OCH3 is 2. The molecule has 172 valence electrons. The summed E-state index contributed by atoms with van der Waals surface area (Å²) in [5.41, 5.74) is 3.92. The standard InChI is InChI=1S/C27H36N2O3/c1-5-22-17-23(18-25(31-3)26(22)32-4)27(30)29(15-13-24-12-9-14-28-24)19-20(2)16-21-10-7-6-8-11-21/h6-8,10-11,16-18,24,28H,5,9,12-15,19H2,1-4H3/b20-16+. The van der Waals surface area contributed by atoms with Crippen molar-refractivity contribution in [1.29, 1.82) is 0 Å². The molecule has 0 aliphatic carbocycles.